The summed E-state index contributed by atoms with van der Waals surface area (Å²) in [6, 6.07) is 1.66. The molecule has 0 aromatic heterocycles. The van der Waals surface area contributed by atoms with Crippen molar-refractivity contribution in [2.45, 2.75) is 64.5 Å². The van der Waals surface area contributed by atoms with Gasteiger partial charge in [0.25, 0.3) is 0 Å². The SMILES string of the molecule is CC(C)C1CNCCCN1C1CCCCC1. The molecule has 1 aliphatic carbocycles. The molecule has 0 radical (unpaired) electrons. The second-order valence-electron chi connectivity index (χ2n) is 5.90. The Morgan fingerprint density at radius 3 is 2.50 bits per heavy atom. The molecule has 0 spiro atoms. The van der Waals surface area contributed by atoms with Crippen LogP contribution in [0.4, 0.5) is 0 Å². The van der Waals surface area contributed by atoms with Crippen LogP contribution in [-0.2, 0) is 0 Å². The Balaban J connectivity index is 2.00. The zero-order valence-electron chi connectivity index (χ0n) is 11.0. The zero-order chi connectivity index (χ0) is 11.4. The first-order chi connectivity index (χ1) is 7.79. The van der Waals surface area contributed by atoms with Gasteiger partial charge < -0.3 is 5.32 Å². The van der Waals surface area contributed by atoms with E-state index < -0.39 is 0 Å². The van der Waals surface area contributed by atoms with E-state index in [1.807, 2.05) is 0 Å². The minimum Gasteiger partial charge on any atom is -0.315 e. The molecule has 1 unspecified atom stereocenters. The summed E-state index contributed by atoms with van der Waals surface area (Å²) in [5.41, 5.74) is 0. The predicted octanol–water partition coefficient (Wildman–Crippen LogP) is 2.64. The molecule has 2 fully saturated rings. The lowest BCUT2D eigenvalue weighted by molar-refractivity contribution is 0.0870. The molecule has 0 bridgehead atoms. The zero-order valence-corrected chi connectivity index (χ0v) is 11.0. The highest BCUT2D eigenvalue weighted by Gasteiger charge is 2.30. The molecule has 94 valence electrons. The maximum absolute atomic E-state index is 3.61. The van der Waals surface area contributed by atoms with Gasteiger partial charge in [-0.3, -0.25) is 4.90 Å². The van der Waals surface area contributed by atoms with Gasteiger partial charge in [-0.05, 0) is 38.3 Å². The Morgan fingerprint density at radius 2 is 1.81 bits per heavy atom. The molecule has 1 saturated heterocycles. The second kappa shape index (κ2) is 6.02. The largest absolute Gasteiger partial charge is 0.315 e. The highest BCUT2D eigenvalue weighted by Crippen LogP contribution is 2.27. The Labute approximate surface area is 101 Å². The monoisotopic (exact) mass is 224 g/mol. The summed E-state index contributed by atoms with van der Waals surface area (Å²) in [4.78, 5) is 2.84. The Hall–Kier alpha value is -0.0800. The summed E-state index contributed by atoms with van der Waals surface area (Å²) in [6.07, 6.45) is 8.61. The van der Waals surface area contributed by atoms with Crippen LogP contribution in [0.3, 0.4) is 0 Å². The number of rotatable bonds is 2. The van der Waals surface area contributed by atoms with E-state index >= 15 is 0 Å². The van der Waals surface area contributed by atoms with Crippen LogP contribution < -0.4 is 5.32 Å². The fourth-order valence-electron chi connectivity index (χ4n) is 3.40. The van der Waals surface area contributed by atoms with E-state index in [1.165, 1.54) is 58.2 Å². The van der Waals surface area contributed by atoms with Gasteiger partial charge >= 0.3 is 0 Å². The third-order valence-corrected chi connectivity index (χ3v) is 4.36. The maximum atomic E-state index is 3.61. The van der Waals surface area contributed by atoms with Crippen molar-refractivity contribution in [2.75, 3.05) is 19.6 Å². The molecular weight excluding hydrogens is 196 g/mol. The van der Waals surface area contributed by atoms with Gasteiger partial charge in [-0.25, -0.2) is 0 Å². The van der Waals surface area contributed by atoms with Gasteiger partial charge in [0.15, 0.2) is 0 Å². The highest BCUT2D eigenvalue weighted by atomic mass is 15.2. The van der Waals surface area contributed by atoms with E-state index in [0.717, 1.165) is 18.0 Å². The first kappa shape index (κ1) is 12.4. The lowest BCUT2D eigenvalue weighted by atomic mass is 9.91. The summed E-state index contributed by atoms with van der Waals surface area (Å²) < 4.78 is 0. The number of nitrogens with one attached hydrogen (secondary N) is 1. The Kier molecular flexibility index (Phi) is 4.66. The second-order valence-corrected chi connectivity index (χ2v) is 5.90. The van der Waals surface area contributed by atoms with Gasteiger partial charge in [-0.1, -0.05) is 33.1 Å². The molecule has 1 N–H and O–H groups in total. The number of hydrogen-bond donors (Lipinski definition) is 1. The lowest BCUT2D eigenvalue weighted by Crippen LogP contribution is -2.49. The fourth-order valence-corrected chi connectivity index (χ4v) is 3.40. The summed E-state index contributed by atoms with van der Waals surface area (Å²) in [6.45, 7) is 8.50. The van der Waals surface area contributed by atoms with Crippen molar-refractivity contribution in [3.05, 3.63) is 0 Å². The van der Waals surface area contributed by atoms with Crippen LogP contribution in [0.5, 0.6) is 0 Å². The summed E-state index contributed by atoms with van der Waals surface area (Å²) in [7, 11) is 0. The highest BCUT2D eigenvalue weighted by molar-refractivity contribution is 4.86. The van der Waals surface area contributed by atoms with E-state index in [1.54, 1.807) is 0 Å². The van der Waals surface area contributed by atoms with Crippen molar-refractivity contribution in [2.24, 2.45) is 5.92 Å². The van der Waals surface area contributed by atoms with Crippen molar-refractivity contribution < 1.29 is 0 Å². The minimum absolute atomic E-state index is 0.769. The molecule has 2 nitrogen and oxygen atoms in total. The van der Waals surface area contributed by atoms with E-state index in [-0.39, 0.29) is 0 Å². The van der Waals surface area contributed by atoms with Gasteiger partial charge in [0.05, 0.1) is 0 Å². The smallest absolute Gasteiger partial charge is 0.0246 e. The third-order valence-electron chi connectivity index (χ3n) is 4.36. The normalized spacial score (nSPS) is 30.6. The van der Waals surface area contributed by atoms with Gasteiger partial charge in [-0.15, -0.1) is 0 Å². The van der Waals surface area contributed by atoms with Gasteiger partial charge in [0.1, 0.15) is 0 Å². The molecule has 1 atom stereocenters. The van der Waals surface area contributed by atoms with E-state index in [9.17, 15) is 0 Å². The van der Waals surface area contributed by atoms with Gasteiger partial charge in [0.2, 0.25) is 0 Å². The minimum atomic E-state index is 0.769. The summed E-state index contributed by atoms with van der Waals surface area (Å²) in [5.74, 6) is 0.785. The molecule has 2 aliphatic rings. The van der Waals surface area contributed by atoms with Crippen LogP contribution >= 0.6 is 0 Å². The third kappa shape index (κ3) is 2.98. The van der Waals surface area contributed by atoms with Crippen LogP contribution in [0.25, 0.3) is 0 Å². The Bertz CT molecular complexity index is 197. The molecular formula is C14H28N2. The first-order valence-electron chi connectivity index (χ1n) is 7.25. The molecule has 1 saturated carbocycles. The number of hydrogen-bond acceptors (Lipinski definition) is 2. The van der Waals surface area contributed by atoms with Crippen LogP contribution in [-0.4, -0.2) is 36.6 Å². The van der Waals surface area contributed by atoms with Gasteiger partial charge in [-0.2, -0.15) is 0 Å². The van der Waals surface area contributed by atoms with Crippen molar-refractivity contribution in [3.63, 3.8) is 0 Å². The maximum Gasteiger partial charge on any atom is 0.0246 e. The molecule has 0 amide bonds. The van der Waals surface area contributed by atoms with Gasteiger partial charge in [0, 0.05) is 18.6 Å². The van der Waals surface area contributed by atoms with Crippen molar-refractivity contribution >= 4 is 0 Å². The van der Waals surface area contributed by atoms with Crippen LogP contribution in [0.15, 0.2) is 0 Å². The molecule has 1 heterocycles. The average molecular weight is 224 g/mol. The first-order valence-corrected chi connectivity index (χ1v) is 7.25. The molecule has 2 rings (SSSR count). The number of nitrogens with zero attached hydrogens (tertiary/aromatic N) is 1. The Morgan fingerprint density at radius 1 is 1.06 bits per heavy atom. The predicted molar refractivity (Wildman–Crippen MR) is 69.7 cm³/mol. The standard InChI is InChI=1S/C14H28N2/c1-12(2)14-11-15-9-6-10-16(14)13-7-4-3-5-8-13/h12-15H,3-11H2,1-2H3. The topological polar surface area (TPSA) is 15.3 Å². The summed E-state index contributed by atoms with van der Waals surface area (Å²) in [5, 5.41) is 3.61. The molecule has 0 aromatic rings. The summed E-state index contributed by atoms with van der Waals surface area (Å²) >= 11 is 0. The lowest BCUT2D eigenvalue weighted by Gasteiger charge is -2.40. The van der Waals surface area contributed by atoms with Crippen LogP contribution in [0.2, 0.25) is 0 Å². The van der Waals surface area contributed by atoms with Crippen molar-refractivity contribution in [1.29, 1.82) is 0 Å². The molecule has 1 aliphatic heterocycles. The van der Waals surface area contributed by atoms with E-state index in [2.05, 4.69) is 24.1 Å². The fraction of sp³-hybridized carbons (Fsp3) is 1.00. The molecule has 2 heteroatoms. The van der Waals surface area contributed by atoms with Crippen molar-refractivity contribution in [1.82, 2.24) is 10.2 Å². The van der Waals surface area contributed by atoms with Crippen LogP contribution in [0, 0.1) is 5.92 Å². The van der Waals surface area contributed by atoms with E-state index in [4.69, 9.17) is 0 Å². The average Bonchev–Trinajstić information content (AvgIpc) is 2.55. The molecule has 16 heavy (non-hydrogen) atoms. The quantitative estimate of drug-likeness (QED) is 0.776. The van der Waals surface area contributed by atoms with Crippen LogP contribution in [0.1, 0.15) is 52.4 Å². The van der Waals surface area contributed by atoms with E-state index in [0.29, 0.717) is 0 Å². The molecule has 0 aromatic carbocycles. The van der Waals surface area contributed by atoms with Crippen molar-refractivity contribution in [3.8, 4) is 0 Å².